The first-order valence-electron chi connectivity index (χ1n) is 6.87. The van der Waals surface area contributed by atoms with E-state index >= 15 is 0 Å². The Bertz CT molecular complexity index is 658. The Morgan fingerprint density at radius 1 is 1.27 bits per heavy atom. The zero-order valence-corrected chi connectivity index (χ0v) is 13.3. The second kappa shape index (κ2) is 7.42. The number of aryl methyl sites for hydroxylation is 1. The van der Waals surface area contributed by atoms with Crippen molar-refractivity contribution in [3.05, 3.63) is 65.0 Å². The average molecular weight is 319 g/mol. The lowest BCUT2D eigenvalue weighted by molar-refractivity contribution is 0.0915. The number of benzene rings is 2. The van der Waals surface area contributed by atoms with Crippen LogP contribution in [0.4, 0.5) is 4.39 Å². The van der Waals surface area contributed by atoms with Gasteiger partial charge in [0.2, 0.25) is 0 Å². The minimum Gasteiger partial charge on any atom is -0.387 e. The molecule has 116 valence electrons. The van der Waals surface area contributed by atoms with Crippen LogP contribution in [-0.2, 0) is 0 Å². The fraction of sp³-hybridized carbons (Fsp3) is 0.235. The van der Waals surface area contributed by atoms with Crippen molar-refractivity contribution in [2.45, 2.75) is 17.9 Å². The molecule has 0 aliphatic carbocycles. The van der Waals surface area contributed by atoms with E-state index in [0.717, 1.165) is 10.5 Å². The normalized spacial score (nSPS) is 12.0. The number of carbonyl (C=O) groups is 1. The largest absolute Gasteiger partial charge is 0.387 e. The van der Waals surface area contributed by atoms with Gasteiger partial charge in [0.05, 0.1) is 6.10 Å². The van der Waals surface area contributed by atoms with E-state index in [2.05, 4.69) is 5.32 Å². The highest BCUT2D eigenvalue weighted by atomic mass is 32.2. The van der Waals surface area contributed by atoms with E-state index in [1.165, 1.54) is 24.3 Å². The van der Waals surface area contributed by atoms with Gasteiger partial charge < -0.3 is 10.4 Å². The molecule has 0 aliphatic heterocycles. The third kappa shape index (κ3) is 4.08. The molecule has 0 spiro atoms. The quantitative estimate of drug-likeness (QED) is 0.831. The highest BCUT2D eigenvalue weighted by molar-refractivity contribution is 7.98. The van der Waals surface area contributed by atoms with Crippen LogP contribution >= 0.6 is 11.8 Å². The van der Waals surface area contributed by atoms with Crippen LogP contribution in [0.5, 0.6) is 0 Å². The van der Waals surface area contributed by atoms with Gasteiger partial charge in [0.25, 0.3) is 5.91 Å². The molecular weight excluding hydrogens is 301 g/mol. The Balaban J connectivity index is 2.02. The predicted octanol–water partition coefficient (Wildman–Crippen LogP) is 3.32. The number of amides is 1. The van der Waals surface area contributed by atoms with Crippen molar-refractivity contribution in [1.82, 2.24) is 5.32 Å². The molecule has 0 aliphatic rings. The van der Waals surface area contributed by atoms with Crippen molar-refractivity contribution in [1.29, 1.82) is 0 Å². The third-order valence-corrected chi connectivity index (χ3v) is 4.13. The standard InChI is InChI=1S/C17H18FNO2S/c1-11-3-8-14(22-2)9-15(11)17(21)19-10-16(20)12-4-6-13(18)7-5-12/h3-9,16,20H,10H2,1-2H3,(H,19,21). The van der Waals surface area contributed by atoms with Crippen LogP contribution in [0.2, 0.25) is 0 Å². The van der Waals surface area contributed by atoms with Crippen molar-refractivity contribution < 1.29 is 14.3 Å². The summed E-state index contributed by atoms with van der Waals surface area (Å²) >= 11 is 1.57. The van der Waals surface area contributed by atoms with Crippen molar-refractivity contribution >= 4 is 17.7 Å². The van der Waals surface area contributed by atoms with Gasteiger partial charge in [0.15, 0.2) is 0 Å². The Labute approximate surface area is 133 Å². The molecule has 0 fully saturated rings. The number of hydrogen-bond acceptors (Lipinski definition) is 3. The molecule has 3 nitrogen and oxygen atoms in total. The van der Waals surface area contributed by atoms with E-state index in [1.807, 2.05) is 31.4 Å². The molecule has 1 unspecified atom stereocenters. The van der Waals surface area contributed by atoms with E-state index in [1.54, 1.807) is 11.8 Å². The molecule has 5 heteroatoms. The first-order chi connectivity index (χ1) is 10.5. The zero-order valence-electron chi connectivity index (χ0n) is 12.5. The number of thioether (sulfide) groups is 1. The highest BCUT2D eigenvalue weighted by Gasteiger charge is 2.13. The summed E-state index contributed by atoms with van der Waals surface area (Å²) in [6.45, 7) is 1.95. The van der Waals surface area contributed by atoms with Gasteiger partial charge in [-0.3, -0.25) is 4.79 Å². The van der Waals surface area contributed by atoms with Crippen LogP contribution in [0.15, 0.2) is 47.4 Å². The van der Waals surface area contributed by atoms with Crippen LogP contribution in [0.1, 0.15) is 27.6 Å². The topological polar surface area (TPSA) is 49.3 Å². The van der Waals surface area contributed by atoms with Crippen molar-refractivity contribution in [2.24, 2.45) is 0 Å². The fourth-order valence-corrected chi connectivity index (χ4v) is 2.50. The van der Waals surface area contributed by atoms with Gasteiger partial charge in [-0.2, -0.15) is 0 Å². The summed E-state index contributed by atoms with van der Waals surface area (Å²) in [6, 6.07) is 11.3. The van der Waals surface area contributed by atoms with Crippen molar-refractivity contribution in [2.75, 3.05) is 12.8 Å². The second-order valence-corrected chi connectivity index (χ2v) is 5.84. The van der Waals surface area contributed by atoms with Gasteiger partial charge in [-0.05, 0) is 48.6 Å². The molecule has 2 rings (SSSR count). The summed E-state index contributed by atoms with van der Waals surface area (Å²) in [4.78, 5) is 13.2. The molecule has 1 amide bonds. The lowest BCUT2D eigenvalue weighted by Gasteiger charge is -2.13. The van der Waals surface area contributed by atoms with Gasteiger partial charge in [-0.1, -0.05) is 18.2 Å². The maximum Gasteiger partial charge on any atom is 0.251 e. The number of rotatable bonds is 5. The zero-order chi connectivity index (χ0) is 16.1. The van der Waals surface area contributed by atoms with Gasteiger partial charge >= 0.3 is 0 Å². The highest BCUT2D eigenvalue weighted by Crippen LogP contribution is 2.19. The van der Waals surface area contributed by atoms with Crippen LogP contribution in [0, 0.1) is 12.7 Å². The second-order valence-electron chi connectivity index (χ2n) is 4.96. The monoisotopic (exact) mass is 319 g/mol. The van der Waals surface area contributed by atoms with Gasteiger partial charge in [0, 0.05) is 17.0 Å². The molecule has 0 saturated carbocycles. The SMILES string of the molecule is CSc1ccc(C)c(C(=O)NCC(O)c2ccc(F)cc2)c1. The summed E-state index contributed by atoms with van der Waals surface area (Å²) in [5.41, 5.74) is 2.04. The maximum atomic E-state index is 12.8. The van der Waals surface area contributed by atoms with Crippen LogP contribution in [0.3, 0.4) is 0 Å². The van der Waals surface area contributed by atoms with E-state index in [9.17, 15) is 14.3 Å². The summed E-state index contributed by atoms with van der Waals surface area (Å²) in [7, 11) is 0. The molecular formula is C17H18FNO2S. The van der Waals surface area contributed by atoms with E-state index in [4.69, 9.17) is 0 Å². The molecule has 0 heterocycles. The number of carbonyl (C=O) groups excluding carboxylic acids is 1. The Morgan fingerprint density at radius 2 is 1.95 bits per heavy atom. The summed E-state index contributed by atoms with van der Waals surface area (Å²) in [5, 5.41) is 12.7. The van der Waals surface area contributed by atoms with Gasteiger partial charge in [-0.25, -0.2) is 4.39 Å². The molecule has 0 bridgehead atoms. The Hall–Kier alpha value is -1.85. The Morgan fingerprint density at radius 3 is 2.59 bits per heavy atom. The van der Waals surface area contributed by atoms with Gasteiger partial charge in [0.1, 0.15) is 5.82 Å². The molecule has 2 aromatic carbocycles. The molecule has 2 aromatic rings. The maximum absolute atomic E-state index is 12.8. The number of aliphatic hydroxyl groups excluding tert-OH is 1. The summed E-state index contributed by atoms with van der Waals surface area (Å²) in [6.07, 6.45) is 1.08. The lowest BCUT2D eigenvalue weighted by Crippen LogP contribution is -2.29. The molecule has 0 radical (unpaired) electrons. The van der Waals surface area contributed by atoms with Crippen LogP contribution in [-0.4, -0.2) is 23.8 Å². The summed E-state index contributed by atoms with van der Waals surface area (Å²) < 4.78 is 12.8. The molecule has 2 N–H and O–H groups in total. The fourth-order valence-electron chi connectivity index (χ4n) is 2.06. The smallest absolute Gasteiger partial charge is 0.251 e. The number of halogens is 1. The van der Waals surface area contributed by atoms with Crippen molar-refractivity contribution in [3.63, 3.8) is 0 Å². The average Bonchev–Trinajstić information content (AvgIpc) is 2.53. The van der Waals surface area contributed by atoms with Crippen molar-refractivity contribution in [3.8, 4) is 0 Å². The predicted molar refractivity (Wildman–Crippen MR) is 86.7 cm³/mol. The third-order valence-electron chi connectivity index (χ3n) is 3.40. The molecule has 0 aromatic heterocycles. The first-order valence-corrected chi connectivity index (χ1v) is 8.10. The Kier molecular flexibility index (Phi) is 5.57. The minimum absolute atomic E-state index is 0.0768. The molecule has 0 saturated heterocycles. The number of nitrogens with one attached hydrogen (secondary N) is 1. The van der Waals surface area contributed by atoms with Gasteiger partial charge in [-0.15, -0.1) is 11.8 Å². The lowest BCUT2D eigenvalue weighted by atomic mass is 10.1. The first kappa shape index (κ1) is 16.5. The van der Waals surface area contributed by atoms with E-state index in [-0.39, 0.29) is 18.3 Å². The van der Waals surface area contributed by atoms with Crippen LogP contribution < -0.4 is 5.32 Å². The summed E-state index contributed by atoms with van der Waals surface area (Å²) in [5.74, 6) is -0.584. The molecule has 1 atom stereocenters. The van der Waals surface area contributed by atoms with E-state index < -0.39 is 6.10 Å². The van der Waals surface area contributed by atoms with Crippen LogP contribution in [0.25, 0.3) is 0 Å². The minimum atomic E-state index is -0.867. The number of aliphatic hydroxyl groups is 1. The van der Waals surface area contributed by atoms with E-state index in [0.29, 0.717) is 11.1 Å². The number of hydrogen-bond donors (Lipinski definition) is 2. The molecule has 22 heavy (non-hydrogen) atoms.